The molecule has 1 fully saturated rings. The van der Waals surface area contributed by atoms with Crippen molar-refractivity contribution in [3.05, 3.63) is 98.3 Å². The van der Waals surface area contributed by atoms with Crippen LogP contribution < -0.4 is 21.3 Å². The summed E-state index contributed by atoms with van der Waals surface area (Å²) in [4.78, 5) is 41.6. The van der Waals surface area contributed by atoms with Gasteiger partial charge in [-0.2, -0.15) is 0 Å². The van der Waals surface area contributed by atoms with E-state index in [-0.39, 0.29) is 18.3 Å². The Morgan fingerprint density at radius 2 is 1.76 bits per heavy atom. The van der Waals surface area contributed by atoms with Crippen LogP contribution >= 0.6 is 0 Å². The lowest BCUT2D eigenvalue weighted by Crippen LogP contribution is -2.36. The van der Waals surface area contributed by atoms with Gasteiger partial charge in [-0.3, -0.25) is 19.5 Å². The van der Waals surface area contributed by atoms with Crippen LogP contribution in [0.25, 0.3) is 0 Å². The lowest BCUT2D eigenvalue weighted by molar-refractivity contribution is 0.0926. The normalized spacial score (nSPS) is 15.6. The molecule has 4 rings (SSSR count). The van der Waals surface area contributed by atoms with Gasteiger partial charge in [0, 0.05) is 12.6 Å². The maximum Gasteiger partial charge on any atom is 0.326 e. The van der Waals surface area contributed by atoms with Crippen LogP contribution in [0.15, 0.2) is 70.3 Å². The standard InChI is InChI=1S/C26H30N4O4/c1-18(16-27-25(32)23-15-24(31)29-26(33)28-23)34-22-9-7-19(8-10-22)17-30-13-11-21(12-14-30)20-5-3-2-4-6-20/h2-10,15,18,21H,11-14,16-17H2,1H3,(H,27,32)(H2,28,29,31,33)/t18-/m0/s1. The highest BCUT2D eigenvalue weighted by Crippen LogP contribution is 2.28. The zero-order valence-electron chi connectivity index (χ0n) is 19.3. The van der Waals surface area contributed by atoms with Crippen molar-refractivity contribution in [1.82, 2.24) is 20.2 Å². The number of aromatic amines is 2. The summed E-state index contributed by atoms with van der Waals surface area (Å²) in [5.41, 5.74) is 1.25. The van der Waals surface area contributed by atoms with Gasteiger partial charge < -0.3 is 15.0 Å². The summed E-state index contributed by atoms with van der Waals surface area (Å²) in [6.45, 7) is 5.17. The number of rotatable bonds is 8. The lowest BCUT2D eigenvalue weighted by Gasteiger charge is -2.32. The highest BCUT2D eigenvalue weighted by atomic mass is 16.5. The average Bonchev–Trinajstić information content (AvgIpc) is 2.84. The molecule has 3 N–H and O–H groups in total. The SMILES string of the molecule is C[C@@H](CNC(=O)c1cc(=O)[nH]c(=O)[nH]1)Oc1ccc(CN2CCC(c3ccccc3)CC2)cc1. The summed E-state index contributed by atoms with van der Waals surface area (Å²) < 4.78 is 5.89. The monoisotopic (exact) mass is 462 g/mol. The molecule has 178 valence electrons. The predicted octanol–water partition coefficient (Wildman–Crippen LogP) is 2.64. The molecule has 0 unspecified atom stereocenters. The maximum atomic E-state index is 12.1. The number of likely N-dealkylation sites (tertiary alicyclic amines) is 1. The first-order chi connectivity index (χ1) is 16.5. The number of carbonyl (C=O) groups is 1. The zero-order valence-corrected chi connectivity index (χ0v) is 19.3. The number of hydrogen-bond donors (Lipinski definition) is 3. The first-order valence-electron chi connectivity index (χ1n) is 11.6. The summed E-state index contributed by atoms with van der Waals surface area (Å²) in [6, 6.07) is 19.9. The number of aromatic nitrogens is 2. The van der Waals surface area contributed by atoms with Gasteiger partial charge >= 0.3 is 5.69 Å². The Bertz CT molecular complexity index is 1170. The van der Waals surface area contributed by atoms with Crippen LogP contribution in [0.4, 0.5) is 0 Å². The Kier molecular flexibility index (Phi) is 7.59. The number of H-pyrrole nitrogens is 2. The average molecular weight is 463 g/mol. The van der Waals surface area contributed by atoms with Gasteiger partial charge in [-0.25, -0.2) is 4.79 Å². The van der Waals surface area contributed by atoms with Crippen LogP contribution in [0.2, 0.25) is 0 Å². The van der Waals surface area contributed by atoms with Gasteiger partial charge in [0.2, 0.25) is 0 Å². The van der Waals surface area contributed by atoms with Crippen LogP contribution in [0.3, 0.4) is 0 Å². The van der Waals surface area contributed by atoms with E-state index in [0.717, 1.165) is 31.5 Å². The number of amides is 1. The molecule has 2 aromatic carbocycles. The van der Waals surface area contributed by atoms with Crippen molar-refractivity contribution in [2.24, 2.45) is 0 Å². The minimum Gasteiger partial charge on any atom is -0.489 e. The third-order valence-corrected chi connectivity index (χ3v) is 6.08. The molecule has 0 saturated carbocycles. The largest absolute Gasteiger partial charge is 0.489 e. The van der Waals surface area contributed by atoms with Crippen molar-refractivity contribution in [2.75, 3.05) is 19.6 Å². The van der Waals surface area contributed by atoms with Crippen LogP contribution in [-0.2, 0) is 6.54 Å². The van der Waals surface area contributed by atoms with Crippen LogP contribution in [-0.4, -0.2) is 46.5 Å². The van der Waals surface area contributed by atoms with Crippen LogP contribution in [0.5, 0.6) is 5.75 Å². The molecule has 1 aliphatic rings. The van der Waals surface area contributed by atoms with Gasteiger partial charge in [0.1, 0.15) is 17.5 Å². The fourth-order valence-electron chi connectivity index (χ4n) is 4.28. The Labute approximate surface area is 198 Å². The number of hydrogen-bond acceptors (Lipinski definition) is 5. The first-order valence-corrected chi connectivity index (χ1v) is 11.6. The summed E-state index contributed by atoms with van der Waals surface area (Å²) in [5.74, 6) is 0.834. The van der Waals surface area contributed by atoms with E-state index in [2.05, 4.69) is 57.7 Å². The summed E-state index contributed by atoms with van der Waals surface area (Å²) in [6.07, 6.45) is 2.07. The van der Waals surface area contributed by atoms with Crippen molar-refractivity contribution in [2.45, 2.75) is 38.3 Å². The second-order valence-electron chi connectivity index (χ2n) is 8.74. The quantitative estimate of drug-likeness (QED) is 0.477. The lowest BCUT2D eigenvalue weighted by atomic mass is 9.89. The molecular weight excluding hydrogens is 432 g/mol. The van der Waals surface area contributed by atoms with Crippen molar-refractivity contribution < 1.29 is 9.53 Å². The van der Waals surface area contributed by atoms with E-state index >= 15 is 0 Å². The molecular formula is C26H30N4O4. The van der Waals surface area contributed by atoms with E-state index in [1.807, 2.05) is 24.0 Å². The molecule has 1 atom stereocenters. The number of piperidine rings is 1. The minimum absolute atomic E-state index is 0.0851. The molecule has 8 nitrogen and oxygen atoms in total. The molecule has 1 saturated heterocycles. The second kappa shape index (κ2) is 11.0. The zero-order chi connectivity index (χ0) is 23.9. The molecule has 1 amide bonds. The van der Waals surface area contributed by atoms with Crippen molar-refractivity contribution in [1.29, 1.82) is 0 Å². The highest BCUT2D eigenvalue weighted by Gasteiger charge is 2.20. The fraction of sp³-hybridized carbons (Fsp3) is 0.346. The minimum atomic E-state index is -0.720. The number of ether oxygens (including phenoxy) is 1. The van der Waals surface area contributed by atoms with Gasteiger partial charge in [0.25, 0.3) is 11.5 Å². The Morgan fingerprint density at radius 1 is 1.06 bits per heavy atom. The van der Waals surface area contributed by atoms with Crippen molar-refractivity contribution >= 4 is 5.91 Å². The predicted molar refractivity (Wildman–Crippen MR) is 130 cm³/mol. The Balaban J connectivity index is 1.21. The molecule has 1 aliphatic heterocycles. The van der Waals surface area contributed by atoms with E-state index < -0.39 is 17.2 Å². The van der Waals surface area contributed by atoms with E-state index in [1.165, 1.54) is 24.0 Å². The van der Waals surface area contributed by atoms with E-state index in [0.29, 0.717) is 5.92 Å². The van der Waals surface area contributed by atoms with Crippen LogP contribution in [0, 0.1) is 0 Å². The number of benzene rings is 2. The molecule has 8 heteroatoms. The van der Waals surface area contributed by atoms with Gasteiger partial charge in [-0.1, -0.05) is 42.5 Å². The summed E-state index contributed by atoms with van der Waals surface area (Å²) in [5, 5.41) is 2.66. The van der Waals surface area contributed by atoms with Crippen molar-refractivity contribution in [3.63, 3.8) is 0 Å². The second-order valence-corrected chi connectivity index (χ2v) is 8.74. The van der Waals surface area contributed by atoms with Gasteiger partial charge in [0.15, 0.2) is 0 Å². The molecule has 0 aliphatic carbocycles. The first kappa shape index (κ1) is 23.5. The molecule has 0 bridgehead atoms. The molecule has 1 aromatic heterocycles. The third-order valence-electron chi connectivity index (χ3n) is 6.08. The van der Waals surface area contributed by atoms with Gasteiger partial charge in [-0.05, 0) is 62.0 Å². The van der Waals surface area contributed by atoms with Crippen LogP contribution in [0.1, 0.15) is 47.3 Å². The topological polar surface area (TPSA) is 107 Å². The molecule has 0 spiro atoms. The highest BCUT2D eigenvalue weighted by molar-refractivity contribution is 5.92. The van der Waals surface area contributed by atoms with E-state index in [9.17, 15) is 14.4 Å². The number of nitrogens with one attached hydrogen (secondary N) is 3. The summed E-state index contributed by atoms with van der Waals surface area (Å²) >= 11 is 0. The van der Waals surface area contributed by atoms with Gasteiger partial charge in [-0.15, -0.1) is 0 Å². The Morgan fingerprint density at radius 3 is 2.44 bits per heavy atom. The van der Waals surface area contributed by atoms with E-state index in [1.54, 1.807) is 0 Å². The number of carbonyl (C=O) groups excluding carboxylic acids is 1. The molecule has 0 radical (unpaired) electrons. The smallest absolute Gasteiger partial charge is 0.326 e. The third kappa shape index (κ3) is 6.45. The Hall–Kier alpha value is -3.65. The fourth-order valence-corrected chi connectivity index (χ4v) is 4.28. The van der Waals surface area contributed by atoms with Crippen molar-refractivity contribution in [3.8, 4) is 5.75 Å². The van der Waals surface area contributed by atoms with Gasteiger partial charge in [0.05, 0.1) is 6.54 Å². The van der Waals surface area contributed by atoms with E-state index in [4.69, 9.17) is 4.74 Å². The molecule has 2 heterocycles. The molecule has 3 aromatic rings. The summed E-state index contributed by atoms with van der Waals surface area (Å²) in [7, 11) is 0. The maximum absolute atomic E-state index is 12.1. The molecule has 34 heavy (non-hydrogen) atoms. The number of nitrogens with zero attached hydrogens (tertiary/aromatic N) is 1.